The third-order valence-electron chi connectivity index (χ3n) is 3.26. The second-order valence-electron chi connectivity index (χ2n) is 4.40. The van der Waals surface area contributed by atoms with Crippen LogP contribution in [-0.4, -0.2) is 35.6 Å². The van der Waals surface area contributed by atoms with Crippen LogP contribution in [0.25, 0.3) is 0 Å². The van der Waals surface area contributed by atoms with E-state index < -0.39 is 0 Å². The van der Waals surface area contributed by atoms with E-state index >= 15 is 0 Å². The Morgan fingerprint density at radius 3 is 2.77 bits per heavy atom. The van der Waals surface area contributed by atoms with Gasteiger partial charge in [0.05, 0.1) is 23.9 Å². The fourth-order valence-corrected chi connectivity index (χ4v) is 2.00. The molecule has 0 aromatic carbocycles. The van der Waals surface area contributed by atoms with E-state index in [1.54, 1.807) is 0 Å². The van der Waals surface area contributed by atoms with E-state index in [1.165, 1.54) is 0 Å². The first kappa shape index (κ1) is 9.44. The molecule has 0 unspecified atom stereocenters. The molecule has 0 saturated carbocycles. The summed E-state index contributed by atoms with van der Waals surface area (Å²) in [6.45, 7) is 4.93. The molecule has 76 valence electrons. The van der Waals surface area contributed by atoms with Crippen molar-refractivity contribution >= 4 is 0 Å². The molecule has 1 N–H and O–H groups in total. The molecule has 0 aromatic rings. The monoisotopic (exact) mass is 186 g/mol. The maximum absolute atomic E-state index is 9.67. The Labute approximate surface area is 79.0 Å². The van der Waals surface area contributed by atoms with Crippen molar-refractivity contribution in [2.24, 2.45) is 0 Å². The van der Waals surface area contributed by atoms with Gasteiger partial charge in [-0.05, 0) is 26.7 Å². The molecule has 2 rings (SSSR count). The number of ether oxygens (including phenoxy) is 2. The van der Waals surface area contributed by atoms with E-state index in [9.17, 15) is 5.11 Å². The lowest BCUT2D eigenvalue weighted by Gasteiger charge is -2.29. The first-order valence-corrected chi connectivity index (χ1v) is 5.09. The minimum atomic E-state index is -0.290. The van der Waals surface area contributed by atoms with Crippen LogP contribution in [0.5, 0.6) is 0 Å². The van der Waals surface area contributed by atoms with Gasteiger partial charge in [0.15, 0.2) is 0 Å². The molecule has 2 aliphatic heterocycles. The van der Waals surface area contributed by atoms with Gasteiger partial charge in [0.1, 0.15) is 0 Å². The van der Waals surface area contributed by atoms with E-state index in [0.717, 1.165) is 25.9 Å². The summed E-state index contributed by atoms with van der Waals surface area (Å²) in [7, 11) is 0. The van der Waals surface area contributed by atoms with E-state index in [0.29, 0.717) is 6.10 Å². The summed E-state index contributed by atoms with van der Waals surface area (Å²) in [6.07, 6.45) is 2.70. The van der Waals surface area contributed by atoms with Crippen molar-refractivity contribution in [3.05, 3.63) is 0 Å². The Kier molecular flexibility index (Phi) is 2.34. The topological polar surface area (TPSA) is 42.0 Å². The molecule has 0 amide bonds. The average Bonchev–Trinajstić information content (AvgIpc) is 2.65. The van der Waals surface area contributed by atoms with Crippen LogP contribution in [0.2, 0.25) is 0 Å². The lowest BCUT2D eigenvalue weighted by atomic mass is 9.94. The summed E-state index contributed by atoms with van der Waals surface area (Å²) in [4.78, 5) is 0. The van der Waals surface area contributed by atoms with Gasteiger partial charge in [0.2, 0.25) is 0 Å². The SMILES string of the molecule is C[C@H]1O[C@]1(C)C[C@@H]1OCCC[C@H]1O. The first-order valence-electron chi connectivity index (χ1n) is 5.09. The Morgan fingerprint density at radius 2 is 2.23 bits per heavy atom. The van der Waals surface area contributed by atoms with Crippen LogP contribution in [0.15, 0.2) is 0 Å². The first-order chi connectivity index (χ1) is 6.12. The molecule has 3 nitrogen and oxygen atoms in total. The quantitative estimate of drug-likeness (QED) is 0.656. The maximum atomic E-state index is 9.67. The number of rotatable bonds is 2. The third-order valence-corrected chi connectivity index (χ3v) is 3.26. The molecular formula is C10H18O3. The van der Waals surface area contributed by atoms with Crippen LogP contribution < -0.4 is 0 Å². The lowest BCUT2D eigenvalue weighted by Crippen LogP contribution is -2.37. The number of hydrogen-bond acceptors (Lipinski definition) is 3. The zero-order valence-corrected chi connectivity index (χ0v) is 8.32. The van der Waals surface area contributed by atoms with Gasteiger partial charge >= 0.3 is 0 Å². The molecule has 3 heteroatoms. The van der Waals surface area contributed by atoms with Crippen molar-refractivity contribution in [1.82, 2.24) is 0 Å². The van der Waals surface area contributed by atoms with Gasteiger partial charge in [-0.1, -0.05) is 0 Å². The van der Waals surface area contributed by atoms with Gasteiger partial charge in [-0.25, -0.2) is 0 Å². The smallest absolute Gasteiger partial charge is 0.0943 e. The van der Waals surface area contributed by atoms with Gasteiger partial charge in [0, 0.05) is 13.0 Å². The molecule has 2 fully saturated rings. The van der Waals surface area contributed by atoms with Crippen molar-refractivity contribution < 1.29 is 14.6 Å². The Bertz CT molecular complexity index is 195. The predicted octanol–water partition coefficient (Wildman–Crippen LogP) is 1.09. The van der Waals surface area contributed by atoms with Gasteiger partial charge < -0.3 is 14.6 Å². The molecule has 2 aliphatic rings. The highest BCUT2D eigenvalue weighted by Gasteiger charge is 2.51. The summed E-state index contributed by atoms with van der Waals surface area (Å²) in [5.74, 6) is 0. The molecule has 2 heterocycles. The zero-order valence-electron chi connectivity index (χ0n) is 8.32. The Morgan fingerprint density at radius 1 is 1.54 bits per heavy atom. The Hall–Kier alpha value is -0.120. The number of aliphatic hydroxyl groups is 1. The van der Waals surface area contributed by atoms with Gasteiger partial charge in [-0.2, -0.15) is 0 Å². The summed E-state index contributed by atoms with van der Waals surface area (Å²) < 4.78 is 11.0. The maximum Gasteiger partial charge on any atom is 0.0943 e. The van der Waals surface area contributed by atoms with Crippen LogP contribution >= 0.6 is 0 Å². The fraction of sp³-hybridized carbons (Fsp3) is 1.00. The summed E-state index contributed by atoms with van der Waals surface area (Å²) in [5.41, 5.74) is -0.0387. The molecule has 0 aliphatic carbocycles. The van der Waals surface area contributed by atoms with Crippen molar-refractivity contribution in [3.63, 3.8) is 0 Å². The van der Waals surface area contributed by atoms with Crippen LogP contribution in [0.4, 0.5) is 0 Å². The minimum Gasteiger partial charge on any atom is -0.390 e. The molecule has 0 bridgehead atoms. The normalized spacial score (nSPS) is 50.5. The highest BCUT2D eigenvalue weighted by Crippen LogP contribution is 2.41. The number of hydrogen-bond donors (Lipinski definition) is 1. The Balaban J connectivity index is 1.86. The van der Waals surface area contributed by atoms with Gasteiger partial charge in [-0.3, -0.25) is 0 Å². The van der Waals surface area contributed by atoms with Crippen molar-refractivity contribution in [1.29, 1.82) is 0 Å². The molecule has 0 spiro atoms. The van der Waals surface area contributed by atoms with Crippen LogP contribution in [0.1, 0.15) is 33.1 Å². The summed E-state index contributed by atoms with van der Waals surface area (Å²) >= 11 is 0. The molecule has 13 heavy (non-hydrogen) atoms. The van der Waals surface area contributed by atoms with Crippen molar-refractivity contribution in [3.8, 4) is 0 Å². The van der Waals surface area contributed by atoms with E-state index in [4.69, 9.17) is 9.47 Å². The average molecular weight is 186 g/mol. The molecule has 0 radical (unpaired) electrons. The van der Waals surface area contributed by atoms with Crippen LogP contribution in [-0.2, 0) is 9.47 Å². The largest absolute Gasteiger partial charge is 0.390 e. The van der Waals surface area contributed by atoms with Gasteiger partial charge in [0.25, 0.3) is 0 Å². The van der Waals surface area contributed by atoms with E-state index in [2.05, 4.69) is 13.8 Å². The van der Waals surface area contributed by atoms with Crippen molar-refractivity contribution in [2.75, 3.05) is 6.61 Å². The summed E-state index contributed by atoms with van der Waals surface area (Å²) in [5, 5.41) is 9.67. The highest BCUT2D eigenvalue weighted by molar-refractivity contribution is 4.99. The van der Waals surface area contributed by atoms with Crippen LogP contribution in [0, 0.1) is 0 Å². The number of epoxide rings is 1. The number of aliphatic hydroxyl groups excluding tert-OH is 1. The van der Waals surface area contributed by atoms with E-state index in [-0.39, 0.29) is 17.8 Å². The third kappa shape index (κ3) is 1.87. The minimum absolute atomic E-state index is 0.0105. The van der Waals surface area contributed by atoms with Crippen molar-refractivity contribution in [2.45, 2.75) is 57.0 Å². The van der Waals surface area contributed by atoms with Crippen LogP contribution in [0.3, 0.4) is 0 Å². The lowest BCUT2D eigenvalue weighted by molar-refractivity contribution is -0.0843. The molecular weight excluding hydrogens is 168 g/mol. The summed E-state index contributed by atoms with van der Waals surface area (Å²) in [6, 6.07) is 0. The molecule has 0 aromatic heterocycles. The van der Waals surface area contributed by atoms with Gasteiger partial charge in [-0.15, -0.1) is 0 Å². The van der Waals surface area contributed by atoms with E-state index in [1.807, 2.05) is 0 Å². The zero-order chi connectivity index (χ0) is 9.47. The fourth-order valence-electron chi connectivity index (χ4n) is 2.00. The molecule has 2 saturated heterocycles. The molecule has 4 atom stereocenters. The second kappa shape index (κ2) is 3.23. The highest BCUT2D eigenvalue weighted by atomic mass is 16.6. The standard InChI is InChI=1S/C10H18O3/c1-7-10(2,13-7)6-9-8(11)4-3-5-12-9/h7-9,11H,3-6H2,1-2H3/t7-,8-,9+,10-/m1/s1. The predicted molar refractivity (Wildman–Crippen MR) is 48.5 cm³/mol. The second-order valence-corrected chi connectivity index (χ2v) is 4.40.